The van der Waals surface area contributed by atoms with Crippen molar-refractivity contribution >= 4 is 5.91 Å². The van der Waals surface area contributed by atoms with Gasteiger partial charge < -0.3 is 14.4 Å². The van der Waals surface area contributed by atoms with Gasteiger partial charge in [0.25, 0.3) is 5.91 Å². The molecule has 0 aliphatic carbocycles. The Bertz CT molecular complexity index is 786. The molecule has 3 rings (SSSR count). The molecule has 1 aliphatic heterocycles. The second-order valence-corrected chi connectivity index (χ2v) is 7.46. The molecule has 2 aromatic heterocycles. The lowest BCUT2D eigenvalue weighted by molar-refractivity contribution is 0.0703. The number of rotatable bonds is 5. The molecule has 1 saturated heterocycles. The van der Waals surface area contributed by atoms with Crippen LogP contribution >= 0.6 is 0 Å². The normalized spacial score (nSPS) is 15.6. The van der Waals surface area contributed by atoms with Crippen molar-refractivity contribution in [3.05, 3.63) is 34.9 Å². The molecule has 0 spiro atoms. The van der Waals surface area contributed by atoms with Gasteiger partial charge in [-0.15, -0.1) is 10.2 Å². The van der Waals surface area contributed by atoms with Gasteiger partial charge in [0.15, 0.2) is 0 Å². The van der Waals surface area contributed by atoms with E-state index < -0.39 is 0 Å². The largest absolute Gasteiger partial charge is 0.337 e. The first-order chi connectivity index (χ1) is 12.9. The SMILES string of the molecule is CCn1c(CN(C)C)nnc1C1CCN(C(=O)c2cc(C)nc(C)n2)CC1. The zero-order valence-electron chi connectivity index (χ0n) is 16.9. The highest BCUT2D eigenvalue weighted by atomic mass is 16.2. The smallest absolute Gasteiger partial charge is 0.272 e. The molecular formula is C19H29N7O. The maximum Gasteiger partial charge on any atom is 0.272 e. The van der Waals surface area contributed by atoms with Gasteiger partial charge in [-0.05, 0) is 53.8 Å². The highest BCUT2D eigenvalue weighted by Crippen LogP contribution is 2.28. The van der Waals surface area contributed by atoms with Gasteiger partial charge in [0.05, 0.1) is 6.54 Å². The van der Waals surface area contributed by atoms with E-state index in [1.807, 2.05) is 32.8 Å². The van der Waals surface area contributed by atoms with E-state index in [1.165, 1.54) is 0 Å². The van der Waals surface area contributed by atoms with Gasteiger partial charge in [-0.1, -0.05) is 0 Å². The Kier molecular flexibility index (Phi) is 5.84. The maximum absolute atomic E-state index is 12.8. The number of carbonyl (C=O) groups is 1. The zero-order valence-corrected chi connectivity index (χ0v) is 16.9. The number of aryl methyl sites for hydroxylation is 2. The van der Waals surface area contributed by atoms with Crippen LogP contribution in [0.2, 0.25) is 0 Å². The molecule has 0 unspecified atom stereocenters. The minimum atomic E-state index is -0.00712. The molecule has 0 aromatic carbocycles. The Morgan fingerprint density at radius 1 is 1.19 bits per heavy atom. The Balaban J connectivity index is 1.68. The molecule has 0 N–H and O–H groups in total. The molecule has 8 nitrogen and oxygen atoms in total. The monoisotopic (exact) mass is 371 g/mol. The predicted octanol–water partition coefficient (Wildman–Crippen LogP) is 1.79. The molecule has 2 aromatic rings. The first kappa shape index (κ1) is 19.4. The van der Waals surface area contributed by atoms with E-state index in [4.69, 9.17) is 0 Å². The molecular weight excluding hydrogens is 342 g/mol. The summed E-state index contributed by atoms with van der Waals surface area (Å²) in [5.74, 6) is 3.02. The van der Waals surface area contributed by atoms with E-state index in [1.54, 1.807) is 6.07 Å². The van der Waals surface area contributed by atoms with Crippen LogP contribution in [0.1, 0.15) is 59.3 Å². The fraction of sp³-hybridized carbons (Fsp3) is 0.632. The minimum absolute atomic E-state index is 0.00712. The number of hydrogen-bond acceptors (Lipinski definition) is 6. The summed E-state index contributed by atoms with van der Waals surface area (Å²) in [5.41, 5.74) is 1.31. The summed E-state index contributed by atoms with van der Waals surface area (Å²) in [6, 6.07) is 1.77. The molecule has 0 bridgehead atoms. The maximum atomic E-state index is 12.8. The number of aromatic nitrogens is 5. The number of nitrogens with zero attached hydrogens (tertiary/aromatic N) is 7. The molecule has 8 heteroatoms. The molecule has 1 fully saturated rings. The molecule has 0 atom stereocenters. The number of amides is 1. The summed E-state index contributed by atoms with van der Waals surface area (Å²) in [7, 11) is 4.07. The van der Waals surface area contributed by atoms with Crippen LogP contribution in [0, 0.1) is 13.8 Å². The molecule has 1 aliphatic rings. The zero-order chi connectivity index (χ0) is 19.6. The topological polar surface area (TPSA) is 80.0 Å². The van der Waals surface area contributed by atoms with Crippen molar-refractivity contribution in [1.29, 1.82) is 0 Å². The van der Waals surface area contributed by atoms with Crippen molar-refractivity contribution in [3.63, 3.8) is 0 Å². The number of likely N-dealkylation sites (tertiary alicyclic amines) is 1. The minimum Gasteiger partial charge on any atom is -0.337 e. The quantitative estimate of drug-likeness (QED) is 0.797. The first-order valence-corrected chi connectivity index (χ1v) is 9.57. The van der Waals surface area contributed by atoms with Crippen molar-refractivity contribution in [2.24, 2.45) is 0 Å². The first-order valence-electron chi connectivity index (χ1n) is 9.57. The lowest BCUT2D eigenvalue weighted by Gasteiger charge is -2.31. The van der Waals surface area contributed by atoms with Gasteiger partial charge in [-0.2, -0.15) is 0 Å². The van der Waals surface area contributed by atoms with Crippen LogP contribution in [0.4, 0.5) is 0 Å². The Morgan fingerprint density at radius 2 is 1.89 bits per heavy atom. The fourth-order valence-corrected chi connectivity index (χ4v) is 3.72. The highest BCUT2D eigenvalue weighted by molar-refractivity contribution is 5.92. The number of carbonyl (C=O) groups excluding carboxylic acids is 1. The van der Waals surface area contributed by atoms with Crippen LogP contribution in [0.15, 0.2) is 6.07 Å². The average molecular weight is 371 g/mol. The Labute approximate surface area is 160 Å². The summed E-state index contributed by atoms with van der Waals surface area (Å²) in [6.45, 7) is 8.91. The van der Waals surface area contributed by atoms with E-state index in [0.717, 1.165) is 43.3 Å². The van der Waals surface area contributed by atoms with Crippen LogP contribution in [0.3, 0.4) is 0 Å². The van der Waals surface area contributed by atoms with E-state index in [9.17, 15) is 4.79 Å². The van der Waals surface area contributed by atoms with Gasteiger partial charge in [-0.25, -0.2) is 9.97 Å². The van der Waals surface area contributed by atoms with Crippen molar-refractivity contribution in [3.8, 4) is 0 Å². The van der Waals surface area contributed by atoms with Gasteiger partial charge in [0.2, 0.25) is 0 Å². The standard InChI is InChI=1S/C19H29N7O/c1-6-26-17(12-24(4)5)22-23-18(26)15-7-9-25(10-8-15)19(27)16-11-13(2)20-14(3)21-16/h11,15H,6-10,12H2,1-5H3. The van der Waals surface area contributed by atoms with Gasteiger partial charge in [-0.3, -0.25) is 4.79 Å². The Hall–Kier alpha value is -2.35. The molecule has 1 amide bonds. The Morgan fingerprint density at radius 3 is 2.48 bits per heavy atom. The predicted molar refractivity (Wildman–Crippen MR) is 102 cm³/mol. The van der Waals surface area contributed by atoms with Crippen LogP contribution in [-0.4, -0.2) is 67.6 Å². The molecule has 146 valence electrons. The summed E-state index contributed by atoms with van der Waals surface area (Å²) in [4.78, 5) is 25.4. The molecule has 27 heavy (non-hydrogen) atoms. The molecule has 0 radical (unpaired) electrons. The molecule has 0 saturated carbocycles. The third-order valence-electron chi connectivity index (χ3n) is 4.96. The summed E-state index contributed by atoms with van der Waals surface area (Å²) in [5, 5.41) is 8.87. The highest BCUT2D eigenvalue weighted by Gasteiger charge is 2.29. The third kappa shape index (κ3) is 4.32. The number of hydrogen-bond donors (Lipinski definition) is 0. The molecule has 3 heterocycles. The summed E-state index contributed by atoms with van der Waals surface area (Å²) < 4.78 is 2.22. The van der Waals surface area contributed by atoms with Crippen molar-refractivity contribution in [1.82, 2.24) is 34.5 Å². The van der Waals surface area contributed by atoms with E-state index >= 15 is 0 Å². The van der Waals surface area contributed by atoms with E-state index in [-0.39, 0.29) is 5.91 Å². The van der Waals surface area contributed by atoms with Crippen LogP contribution in [0.25, 0.3) is 0 Å². The van der Waals surface area contributed by atoms with Gasteiger partial charge >= 0.3 is 0 Å². The average Bonchev–Trinajstić information content (AvgIpc) is 3.02. The van der Waals surface area contributed by atoms with Crippen molar-refractivity contribution in [2.45, 2.75) is 52.6 Å². The van der Waals surface area contributed by atoms with Crippen molar-refractivity contribution in [2.75, 3.05) is 27.2 Å². The van der Waals surface area contributed by atoms with Gasteiger partial charge in [0, 0.05) is 31.2 Å². The lowest BCUT2D eigenvalue weighted by atomic mass is 9.95. The lowest BCUT2D eigenvalue weighted by Crippen LogP contribution is -2.39. The van der Waals surface area contributed by atoms with E-state index in [0.29, 0.717) is 30.5 Å². The van der Waals surface area contributed by atoms with Crippen LogP contribution in [0.5, 0.6) is 0 Å². The number of piperidine rings is 1. The van der Waals surface area contributed by atoms with Gasteiger partial charge in [0.1, 0.15) is 23.2 Å². The van der Waals surface area contributed by atoms with Crippen molar-refractivity contribution < 1.29 is 4.79 Å². The summed E-state index contributed by atoms with van der Waals surface area (Å²) >= 11 is 0. The fourth-order valence-electron chi connectivity index (χ4n) is 3.72. The van der Waals surface area contributed by atoms with Crippen LogP contribution < -0.4 is 0 Å². The second-order valence-electron chi connectivity index (χ2n) is 7.46. The second kappa shape index (κ2) is 8.12. The van der Waals surface area contributed by atoms with E-state index in [2.05, 4.69) is 36.6 Å². The van der Waals surface area contributed by atoms with Crippen LogP contribution in [-0.2, 0) is 13.1 Å². The third-order valence-corrected chi connectivity index (χ3v) is 4.96. The summed E-state index contributed by atoms with van der Waals surface area (Å²) in [6.07, 6.45) is 1.80.